The van der Waals surface area contributed by atoms with E-state index in [1.54, 1.807) is 19.1 Å². The monoisotopic (exact) mass is 292 g/mol. The van der Waals surface area contributed by atoms with Crippen molar-refractivity contribution in [3.05, 3.63) is 26.5 Å². The molecule has 0 aromatic carbocycles. The Hall–Kier alpha value is -0.350. The minimum Gasteiger partial charge on any atom is -0.449 e. The molecule has 0 aliphatic rings. The second kappa shape index (κ2) is 4.05. The highest BCUT2D eigenvalue weighted by atomic mass is 79.9. The fourth-order valence-electron chi connectivity index (χ4n) is 0.693. The molecule has 1 heterocycles. The van der Waals surface area contributed by atoms with Crippen LogP contribution < -0.4 is 0 Å². The van der Waals surface area contributed by atoms with E-state index in [0.717, 1.165) is 10.8 Å². The largest absolute Gasteiger partial charge is 0.449 e. The predicted molar refractivity (Wildman–Crippen MR) is 53.8 cm³/mol. The fourth-order valence-corrected chi connectivity index (χ4v) is 1.30. The van der Waals surface area contributed by atoms with Crippen LogP contribution in [0, 0.1) is 0 Å². The molecule has 1 aromatic heterocycles. The van der Waals surface area contributed by atoms with E-state index in [2.05, 4.69) is 31.9 Å². The molecule has 0 fully saturated rings. The van der Waals surface area contributed by atoms with Crippen LogP contribution in [-0.4, -0.2) is 6.29 Å². The number of furan rings is 1. The van der Waals surface area contributed by atoms with Gasteiger partial charge in [0.25, 0.3) is 0 Å². The first-order valence-corrected chi connectivity index (χ1v) is 4.80. The summed E-state index contributed by atoms with van der Waals surface area (Å²) in [5.74, 6) is 0.651. The predicted octanol–water partition coefficient (Wildman–Crippen LogP) is 3.41. The molecule has 0 spiro atoms. The van der Waals surface area contributed by atoms with Gasteiger partial charge in [-0.25, -0.2) is 0 Å². The van der Waals surface area contributed by atoms with E-state index in [1.807, 2.05) is 0 Å². The van der Waals surface area contributed by atoms with E-state index in [9.17, 15) is 4.79 Å². The van der Waals surface area contributed by atoms with Gasteiger partial charge in [0.2, 0.25) is 0 Å². The number of carbonyl (C=O) groups is 1. The van der Waals surface area contributed by atoms with Crippen molar-refractivity contribution in [2.45, 2.75) is 6.92 Å². The maximum absolute atomic E-state index is 10.3. The quantitative estimate of drug-likeness (QED) is 0.618. The molecule has 0 N–H and O–H groups in total. The van der Waals surface area contributed by atoms with Crippen molar-refractivity contribution in [2.24, 2.45) is 0 Å². The summed E-state index contributed by atoms with van der Waals surface area (Å²) in [5, 5.41) is 0. The highest BCUT2D eigenvalue weighted by Gasteiger charge is 2.03. The molecule has 0 aliphatic carbocycles. The Morgan fingerprint density at radius 1 is 1.58 bits per heavy atom. The summed E-state index contributed by atoms with van der Waals surface area (Å²) in [7, 11) is 0. The van der Waals surface area contributed by atoms with Gasteiger partial charge in [0, 0.05) is 0 Å². The highest BCUT2D eigenvalue weighted by molar-refractivity contribution is 9.13. The fraction of sp³-hybridized carbons (Fsp3) is 0.125. The van der Waals surface area contributed by atoms with E-state index >= 15 is 0 Å². The Morgan fingerprint density at radius 3 is 2.67 bits per heavy atom. The van der Waals surface area contributed by atoms with Gasteiger partial charge in [0.1, 0.15) is 12.0 Å². The van der Waals surface area contributed by atoms with Gasteiger partial charge in [0.15, 0.2) is 4.67 Å². The summed E-state index contributed by atoms with van der Waals surface area (Å²) in [6.07, 6.45) is 2.45. The summed E-state index contributed by atoms with van der Waals surface area (Å²) in [4.78, 5) is 10.3. The standard InChI is InChI=1S/C8H6Br2O2/c1-5(4-11)2-6-3-7(9)8(10)12-6/h2-4H,1H3/b5-2+. The average molecular weight is 294 g/mol. The van der Waals surface area contributed by atoms with Crippen LogP contribution in [0.5, 0.6) is 0 Å². The molecule has 0 unspecified atom stereocenters. The highest BCUT2D eigenvalue weighted by Crippen LogP contribution is 2.27. The van der Waals surface area contributed by atoms with Gasteiger partial charge < -0.3 is 4.42 Å². The smallest absolute Gasteiger partial charge is 0.184 e. The Labute approximate surface area is 86.9 Å². The number of aldehydes is 1. The van der Waals surface area contributed by atoms with Gasteiger partial charge in [-0.3, -0.25) is 4.79 Å². The first-order valence-electron chi connectivity index (χ1n) is 3.22. The molecule has 0 radical (unpaired) electrons. The molecular weight excluding hydrogens is 288 g/mol. The Morgan fingerprint density at radius 2 is 2.25 bits per heavy atom. The van der Waals surface area contributed by atoms with Crippen molar-refractivity contribution >= 4 is 44.2 Å². The van der Waals surface area contributed by atoms with Crippen molar-refractivity contribution in [2.75, 3.05) is 0 Å². The van der Waals surface area contributed by atoms with Crippen molar-refractivity contribution in [3.8, 4) is 0 Å². The Kier molecular flexibility index (Phi) is 3.29. The number of hydrogen-bond acceptors (Lipinski definition) is 2. The van der Waals surface area contributed by atoms with E-state index in [0.29, 0.717) is 16.0 Å². The first-order chi connectivity index (χ1) is 5.63. The van der Waals surface area contributed by atoms with Crippen LogP contribution in [0.25, 0.3) is 6.08 Å². The van der Waals surface area contributed by atoms with Crippen LogP contribution in [0.1, 0.15) is 12.7 Å². The number of hydrogen-bond donors (Lipinski definition) is 0. The van der Waals surface area contributed by atoms with Crippen molar-refractivity contribution in [1.29, 1.82) is 0 Å². The van der Waals surface area contributed by atoms with Crippen LogP contribution in [0.2, 0.25) is 0 Å². The maximum Gasteiger partial charge on any atom is 0.184 e. The zero-order valence-electron chi connectivity index (χ0n) is 6.30. The zero-order chi connectivity index (χ0) is 9.14. The van der Waals surface area contributed by atoms with Crippen LogP contribution in [-0.2, 0) is 4.79 Å². The molecular formula is C8H6Br2O2. The third kappa shape index (κ3) is 2.32. The normalized spacial score (nSPS) is 11.8. The topological polar surface area (TPSA) is 30.2 Å². The average Bonchev–Trinajstić information content (AvgIpc) is 2.31. The third-order valence-electron chi connectivity index (χ3n) is 1.22. The van der Waals surface area contributed by atoms with E-state index in [1.165, 1.54) is 0 Å². The van der Waals surface area contributed by atoms with E-state index in [-0.39, 0.29) is 0 Å². The lowest BCUT2D eigenvalue weighted by Crippen LogP contribution is -1.73. The zero-order valence-corrected chi connectivity index (χ0v) is 9.48. The third-order valence-corrected chi connectivity index (χ3v) is 2.93. The van der Waals surface area contributed by atoms with Gasteiger partial charge in [-0.1, -0.05) is 0 Å². The van der Waals surface area contributed by atoms with Crippen molar-refractivity contribution < 1.29 is 9.21 Å². The number of rotatable bonds is 2. The number of carbonyl (C=O) groups excluding carboxylic acids is 1. The number of halogens is 2. The van der Waals surface area contributed by atoms with Gasteiger partial charge in [-0.05, 0) is 56.5 Å². The minimum absolute atomic E-state index is 0.628. The number of allylic oxidation sites excluding steroid dienone is 1. The summed E-state index contributed by atoms with van der Waals surface area (Å²) in [6, 6.07) is 1.79. The lowest BCUT2D eigenvalue weighted by Gasteiger charge is -1.84. The molecule has 64 valence electrons. The second-order valence-electron chi connectivity index (χ2n) is 2.28. The Balaban J connectivity index is 2.97. The molecule has 0 aliphatic heterocycles. The van der Waals surface area contributed by atoms with Gasteiger partial charge in [-0.2, -0.15) is 0 Å². The Bertz CT molecular complexity index is 306. The van der Waals surface area contributed by atoms with Crippen LogP contribution in [0.15, 0.2) is 25.2 Å². The van der Waals surface area contributed by atoms with Crippen molar-refractivity contribution in [3.63, 3.8) is 0 Å². The molecule has 1 rings (SSSR count). The lowest BCUT2D eigenvalue weighted by atomic mass is 10.3. The molecule has 0 atom stereocenters. The molecule has 1 aromatic rings. The summed E-state index contributed by atoms with van der Waals surface area (Å²) < 4.78 is 6.69. The van der Waals surface area contributed by atoms with Crippen LogP contribution in [0.4, 0.5) is 0 Å². The second-order valence-corrected chi connectivity index (χ2v) is 3.85. The molecule has 0 bridgehead atoms. The molecule has 2 nitrogen and oxygen atoms in total. The van der Waals surface area contributed by atoms with E-state index in [4.69, 9.17) is 4.42 Å². The van der Waals surface area contributed by atoms with Crippen molar-refractivity contribution in [1.82, 2.24) is 0 Å². The first kappa shape index (κ1) is 9.74. The van der Waals surface area contributed by atoms with Gasteiger partial charge in [0.05, 0.1) is 4.47 Å². The van der Waals surface area contributed by atoms with Gasteiger partial charge in [-0.15, -0.1) is 0 Å². The van der Waals surface area contributed by atoms with Gasteiger partial charge >= 0.3 is 0 Å². The maximum atomic E-state index is 10.3. The molecule has 0 saturated heterocycles. The molecule has 12 heavy (non-hydrogen) atoms. The minimum atomic E-state index is 0.628. The summed E-state index contributed by atoms with van der Waals surface area (Å²) in [5.41, 5.74) is 0.628. The summed E-state index contributed by atoms with van der Waals surface area (Å²) >= 11 is 6.47. The van der Waals surface area contributed by atoms with Crippen LogP contribution >= 0.6 is 31.9 Å². The van der Waals surface area contributed by atoms with Crippen LogP contribution in [0.3, 0.4) is 0 Å². The summed E-state index contributed by atoms with van der Waals surface area (Å²) in [6.45, 7) is 1.72. The van der Waals surface area contributed by atoms with E-state index < -0.39 is 0 Å². The molecule has 0 saturated carbocycles. The molecule has 0 amide bonds. The SMILES string of the molecule is C/C(C=O)=C\c1cc(Br)c(Br)o1. The lowest BCUT2D eigenvalue weighted by molar-refractivity contribution is -0.104. The molecule has 4 heteroatoms.